The van der Waals surface area contributed by atoms with Crippen LogP contribution in [0.15, 0.2) is 0 Å². The standard InChI is InChI=1S/C15H28N4O2/c1-11(2)14-13(10-16-9-12(3)20)15(18(4)17-14)19-5-7-21-8-6-19/h11-12,16,20H,5-10H2,1-4H3/t12-/m1/s1. The summed E-state index contributed by atoms with van der Waals surface area (Å²) in [5.74, 6) is 1.56. The number of hydrogen-bond acceptors (Lipinski definition) is 5. The van der Waals surface area contributed by atoms with Crippen molar-refractivity contribution in [2.75, 3.05) is 37.7 Å². The van der Waals surface area contributed by atoms with E-state index >= 15 is 0 Å². The molecule has 2 N–H and O–H groups in total. The number of nitrogens with zero attached hydrogens (tertiary/aromatic N) is 3. The molecule has 1 saturated heterocycles. The lowest BCUT2D eigenvalue weighted by atomic mass is 10.0. The first-order chi connectivity index (χ1) is 10.0. The normalized spacial score (nSPS) is 17.5. The van der Waals surface area contributed by atoms with E-state index in [1.54, 1.807) is 6.92 Å². The molecule has 21 heavy (non-hydrogen) atoms. The van der Waals surface area contributed by atoms with Crippen LogP contribution in [0.4, 0.5) is 5.82 Å². The second-order valence-electron chi connectivity index (χ2n) is 6.05. The van der Waals surface area contributed by atoms with Crippen LogP contribution in [0, 0.1) is 0 Å². The maximum atomic E-state index is 9.42. The predicted octanol–water partition coefficient (Wildman–Crippen LogP) is 0.850. The van der Waals surface area contributed by atoms with E-state index in [0.29, 0.717) is 12.5 Å². The average Bonchev–Trinajstić information content (AvgIpc) is 2.76. The minimum Gasteiger partial charge on any atom is -0.392 e. The first-order valence-electron chi connectivity index (χ1n) is 7.78. The van der Waals surface area contributed by atoms with Crippen molar-refractivity contribution in [3.8, 4) is 0 Å². The molecule has 120 valence electrons. The van der Waals surface area contributed by atoms with Crippen molar-refractivity contribution in [2.24, 2.45) is 7.05 Å². The summed E-state index contributed by atoms with van der Waals surface area (Å²) >= 11 is 0. The Balaban J connectivity index is 2.24. The molecule has 1 aromatic heterocycles. The number of hydrogen-bond donors (Lipinski definition) is 2. The lowest BCUT2D eigenvalue weighted by Gasteiger charge is -2.29. The lowest BCUT2D eigenvalue weighted by Crippen LogP contribution is -2.38. The second kappa shape index (κ2) is 7.24. The summed E-state index contributed by atoms with van der Waals surface area (Å²) in [6.07, 6.45) is -0.337. The van der Waals surface area contributed by atoms with Crippen LogP contribution in [-0.4, -0.2) is 53.8 Å². The molecule has 0 unspecified atom stereocenters. The first kappa shape index (κ1) is 16.3. The third kappa shape index (κ3) is 3.96. The van der Waals surface area contributed by atoms with Gasteiger partial charge in [-0.15, -0.1) is 0 Å². The fourth-order valence-corrected chi connectivity index (χ4v) is 2.79. The fraction of sp³-hybridized carbons (Fsp3) is 0.800. The highest BCUT2D eigenvalue weighted by Crippen LogP contribution is 2.28. The molecule has 0 saturated carbocycles. The highest BCUT2D eigenvalue weighted by atomic mass is 16.5. The van der Waals surface area contributed by atoms with E-state index in [4.69, 9.17) is 9.84 Å². The van der Waals surface area contributed by atoms with Crippen molar-refractivity contribution in [1.29, 1.82) is 0 Å². The minimum absolute atomic E-state index is 0.337. The molecular formula is C15H28N4O2. The van der Waals surface area contributed by atoms with E-state index in [0.717, 1.165) is 38.5 Å². The summed E-state index contributed by atoms with van der Waals surface area (Å²) in [5.41, 5.74) is 2.38. The van der Waals surface area contributed by atoms with E-state index in [-0.39, 0.29) is 6.10 Å². The topological polar surface area (TPSA) is 62.5 Å². The van der Waals surface area contributed by atoms with Crippen molar-refractivity contribution in [3.05, 3.63) is 11.3 Å². The van der Waals surface area contributed by atoms with Gasteiger partial charge in [-0.25, -0.2) is 0 Å². The maximum Gasteiger partial charge on any atom is 0.131 e. The zero-order valence-corrected chi connectivity index (χ0v) is 13.6. The van der Waals surface area contributed by atoms with Gasteiger partial charge in [-0.05, 0) is 12.8 Å². The van der Waals surface area contributed by atoms with Gasteiger partial charge in [0.1, 0.15) is 5.82 Å². The molecule has 1 atom stereocenters. The largest absolute Gasteiger partial charge is 0.392 e. The molecular weight excluding hydrogens is 268 g/mol. The molecule has 1 aromatic rings. The van der Waals surface area contributed by atoms with Crippen LogP contribution in [-0.2, 0) is 18.3 Å². The van der Waals surface area contributed by atoms with Crippen LogP contribution in [0.25, 0.3) is 0 Å². The van der Waals surface area contributed by atoms with Gasteiger partial charge < -0.3 is 20.1 Å². The number of morpholine rings is 1. The minimum atomic E-state index is -0.337. The van der Waals surface area contributed by atoms with E-state index < -0.39 is 0 Å². The van der Waals surface area contributed by atoms with E-state index in [2.05, 4.69) is 24.1 Å². The van der Waals surface area contributed by atoms with Crippen LogP contribution in [0.1, 0.15) is 37.9 Å². The summed E-state index contributed by atoms with van der Waals surface area (Å²) in [6.45, 7) is 10.8. The van der Waals surface area contributed by atoms with Crippen LogP contribution in [0.3, 0.4) is 0 Å². The Bertz CT molecular complexity index is 451. The number of anilines is 1. The van der Waals surface area contributed by atoms with Gasteiger partial charge in [-0.3, -0.25) is 4.68 Å². The summed E-state index contributed by atoms with van der Waals surface area (Å²) in [4.78, 5) is 2.35. The molecule has 0 spiro atoms. The maximum absolute atomic E-state index is 9.42. The Kier molecular flexibility index (Phi) is 5.61. The Morgan fingerprint density at radius 2 is 1.95 bits per heavy atom. The lowest BCUT2D eigenvalue weighted by molar-refractivity contribution is 0.122. The van der Waals surface area contributed by atoms with Crippen LogP contribution in [0.2, 0.25) is 0 Å². The summed E-state index contributed by atoms with van der Waals surface area (Å²) in [6, 6.07) is 0. The number of aryl methyl sites for hydroxylation is 1. The monoisotopic (exact) mass is 296 g/mol. The van der Waals surface area contributed by atoms with Gasteiger partial charge >= 0.3 is 0 Å². The SMILES string of the molecule is CC(C)c1nn(C)c(N2CCOCC2)c1CNC[C@@H](C)O. The molecule has 6 nitrogen and oxygen atoms in total. The van der Waals surface area contributed by atoms with Gasteiger partial charge in [0.05, 0.1) is 25.0 Å². The van der Waals surface area contributed by atoms with E-state index in [9.17, 15) is 5.11 Å². The van der Waals surface area contributed by atoms with Crippen LogP contribution >= 0.6 is 0 Å². The molecule has 0 bridgehead atoms. The number of aliphatic hydroxyl groups excluding tert-OH is 1. The molecule has 1 aliphatic rings. The smallest absolute Gasteiger partial charge is 0.131 e. The highest BCUT2D eigenvalue weighted by molar-refractivity contribution is 5.51. The molecule has 0 radical (unpaired) electrons. The quantitative estimate of drug-likeness (QED) is 0.815. The zero-order valence-electron chi connectivity index (χ0n) is 13.6. The number of rotatable bonds is 6. The molecule has 2 rings (SSSR count). The van der Waals surface area contributed by atoms with Gasteiger partial charge in [-0.1, -0.05) is 13.8 Å². The number of nitrogens with one attached hydrogen (secondary N) is 1. The Labute approximate surface area is 127 Å². The molecule has 1 fully saturated rings. The molecule has 0 aromatic carbocycles. The highest BCUT2D eigenvalue weighted by Gasteiger charge is 2.23. The molecule has 0 aliphatic carbocycles. The summed E-state index contributed by atoms with van der Waals surface area (Å²) < 4.78 is 7.43. The van der Waals surface area contributed by atoms with Crippen molar-refractivity contribution in [2.45, 2.75) is 39.3 Å². The zero-order chi connectivity index (χ0) is 15.4. The van der Waals surface area contributed by atoms with Crippen molar-refractivity contribution < 1.29 is 9.84 Å². The molecule has 6 heteroatoms. The van der Waals surface area contributed by atoms with Gasteiger partial charge in [-0.2, -0.15) is 5.10 Å². The Morgan fingerprint density at radius 3 is 2.52 bits per heavy atom. The molecule has 1 aliphatic heterocycles. The van der Waals surface area contributed by atoms with Crippen molar-refractivity contribution in [3.63, 3.8) is 0 Å². The van der Waals surface area contributed by atoms with Crippen molar-refractivity contribution in [1.82, 2.24) is 15.1 Å². The van der Waals surface area contributed by atoms with Gasteiger partial charge in [0.2, 0.25) is 0 Å². The van der Waals surface area contributed by atoms with Gasteiger partial charge in [0, 0.05) is 38.8 Å². The Morgan fingerprint density at radius 1 is 1.29 bits per heavy atom. The van der Waals surface area contributed by atoms with Crippen LogP contribution in [0.5, 0.6) is 0 Å². The second-order valence-corrected chi connectivity index (χ2v) is 6.05. The van der Waals surface area contributed by atoms with Crippen LogP contribution < -0.4 is 10.2 Å². The third-order valence-electron chi connectivity index (χ3n) is 3.74. The van der Waals surface area contributed by atoms with E-state index in [1.165, 1.54) is 11.4 Å². The Hall–Kier alpha value is -1.11. The molecule has 2 heterocycles. The van der Waals surface area contributed by atoms with Crippen molar-refractivity contribution >= 4 is 5.82 Å². The number of aliphatic hydroxyl groups is 1. The third-order valence-corrected chi connectivity index (χ3v) is 3.74. The van der Waals surface area contributed by atoms with Gasteiger partial charge in [0.15, 0.2) is 0 Å². The van der Waals surface area contributed by atoms with Gasteiger partial charge in [0.25, 0.3) is 0 Å². The predicted molar refractivity (Wildman–Crippen MR) is 83.7 cm³/mol. The average molecular weight is 296 g/mol. The summed E-state index contributed by atoms with van der Waals surface area (Å²) in [5, 5.41) is 17.5. The summed E-state index contributed by atoms with van der Waals surface area (Å²) in [7, 11) is 2.01. The van der Waals surface area contributed by atoms with E-state index in [1.807, 2.05) is 11.7 Å². The fourth-order valence-electron chi connectivity index (χ4n) is 2.79. The number of aromatic nitrogens is 2. The molecule has 0 amide bonds. The number of ether oxygens (including phenoxy) is 1. The first-order valence-corrected chi connectivity index (χ1v) is 7.78.